The van der Waals surface area contributed by atoms with E-state index in [0.29, 0.717) is 39.7 Å². The van der Waals surface area contributed by atoms with Crippen molar-refractivity contribution < 1.29 is 15.7 Å². The second-order valence-corrected chi connectivity index (χ2v) is 10.2. The molecule has 0 radical (unpaired) electrons. The lowest BCUT2D eigenvalue weighted by Crippen LogP contribution is -2.13. The third-order valence-corrected chi connectivity index (χ3v) is 7.30. The lowest BCUT2D eigenvalue weighted by molar-refractivity contribution is 0.581. The molecule has 10 heteroatoms. The van der Waals surface area contributed by atoms with E-state index in [1.54, 1.807) is 75.5 Å². The van der Waals surface area contributed by atoms with Gasteiger partial charge < -0.3 is 10.2 Å². The van der Waals surface area contributed by atoms with Crippen LogP contribution in [0.3, 0.4) is 0 Å². The molecule has 2 aromatic heterocycles. The van der Waals surface area contributed by atoms with Crippen LogP contribution < -0.4 is 5.73 Å². The van der Waals surface area contributed by atoms with Crippen molar-refractivity contribution in [3.05, 3.63) is 66.0 Å². The molecule has 0 atom stereocenters. The predicted octanol–water partition coefficient (Wildman–Crippen LogP) is 4.13. The van der Waals surface area contributed by atoms with E-state index in [9.17, 15) is 8.42 Å². The third-order valence-electron chi connectivity index (χ3n) is 5.13. The van der Waals surface area contributed by atoms with Gasteiger partial charge in [0.05, 0.1) is 27.7 Å². The normalized spacial score (nSPS) is 11.6. The largest absolute Gasteiger partial charge is 0.415 e. The number of amidine groups is 1. The SMILES string of the molecule is Cc1ncc(-c2ccc(S(=O)(=O)C(C)C)cc2)nc1-c1nnc(-c2ccc(C(=N)N)cc2)o1.[HH].[HH]. The quantitative estimate of drug-likeness (QED) is 0.318. The summed E-state index contributed by atoms with van der Waals surface area (Å²) in [7, 11) is -3.35. The molecule has 0 amide bonds. The summed E-state index contributed by atoms with van der Waals surface area (Å²) in [6.45, 7) is 5.09. The van der Waals surface area contributed by atoms with E-state index in [1.807, 2.05) is 0 Å². The van der Waals surface area contributed by atoms with Crippen molar-refractivity contribution in [2.24, 2.45) is 5.73 Å². The van der Waals surface area contributed by atoms with Crippen molar-refractivity contribution in [3.63, 3.8) is 0 Å². The standard InChI is InChI=1S/C23H22N6O3S.2H2/c1-13(2)33(30,31)18-10-8-15(9-11-18)19-12-26-14(3)20(27-19)23-29-28-22(32-23)17-6-4-16(5-7-17)21(24)25;;/h4-13H,1-3H3,(H3,24,25);2*1H. The Morgan fingerprint density at radius 3 is 2.21 bits per heavy atom. The summed E-state index contributed by atoms with van der Waals surface area (Å²) in [4.78, 5) is 9.29. The van der Waals surface area contributed by atoms with Gasteiger partial charge in [-0.05, 0) is 45.0 Å². The van der Waals surface area contributed by atoms with E-state index in [4.69, 9.17) is 15.6 Å². The molecule has 0 aliphatic carbocycles. The topological polar surface area (TPSA) is 149 Å². The second kappa shape index (κ2) is 8.55. The molecule has 0 aliphatic heterocycles. The fourth-order valence-corrected chi connectivity index (χ4v) is 4.17. The molecule has 0 spiro atoms. The van der Waals surface area contributed by atoms with Crippen LogP contribution in [0.25, 0.3) is 34.3 Å². The number of nitrogens with one attached hydrogen (secondary N) is 1. The Labute approximate surface area is 194 Å². The van der Waals surface area contributed by atoms with Crippen molar-refractivity contribution in [2.75, 3.05) is 0 Å². The first-order valence-corrected chi connectivity index (χ1v) is 11.7. The minimum Gasteiger partial charge on any atom is -0.415 e. The highest BCUT2D eigenvalue weighted by molar-refractivity contribution is 7.92. The van der Waals surface area contributed by atoms with Gasteiger partial charge in [-0.15, -0.1) is 10.2 Å². The van der Waals surface area contributed by atoms with Crippen LogP contribution >= 0.6 is 0 Å². The molecular formula is C23H26N6O3S. The fourth-order valence-electron chi connectivity index (χ4n) is 3.11. The first-order valence-electron chi connectivity index (χ1n) is 10.1. The van der Waals surface area contributed by atoms with Gasteiger partial charge in [0.1, 0.15) is 11.5 Å². The first kappa shape index (κ1) is 22.3. The Bertz CT molecular complexity index is 1440. The van der Waals surface area contributed by atoms with Gasteiger partial charge in [-0.2, -0.15) is 0 Å². The van der Waals surface area contributed by atoms with Crippen LogP contribution in [-0.4, -0.2) is 39.7 Å². The summed E-state index contributed by atoms with van der Waals surface area (Å²) >= 11 is 0. The Balaban J connectivity index is 0.00000216. The summed E-state index contributed by atoms with van der Waals surface area (Å²) in [6.07, 6.45) is 1.61. The average Bonchev–Trinajstić information content (AvgIpc) is 3.29. The Morgan fingerprint density at radius 2 is 1.61 bits per heavy atom. The minimum atomic E-state index is -3.35. The smallest absolute Gasteiger partial charge is 0.268 e. The van der Waals surface area contributed by atoms with Crippen molar-refractivity contribution >= 4 is 15.7 Å². The Kier molecular flexibility index (Phi) is 5.77. The molecule has 33 heavy (non-hydrogen) atoms. The third kappa shape index (κ3) is 4.37. The van der Waals surface area contributed by atoms with Gasteiger partial charge in [-0.25, -0.2) is 13.4 Å². The Morgan fingerprint density at radius 1 is 1.00 bits per heavy atom. The van der Waals surface area contributed by atoms with Gasteiger partial charge in [0.25, 0.3) is 5.89 Å². The van der Waals surface area contributed by atoms with Crippen molar-refractivity contribution in [2.45, 2.75) is 30.9 Å². The summed E-state index contributed by atoms with van der Waals surface area (Å²) in [5.41, 5.74) is 9.08. The average molecular weight is 467 g/mol. The van der Waals surface area contributed by atoms with Crippen LogP contribution in [0.1, 0.15) is 28.0 Å². The van der Waals surface area contributed by atoms with E-state index in [2.05, 4.69) is 20.2 Å². The van der Waals surface area contributed by atoms with Crippen molar-refractivity contribution in [1.29, 1.82) is 5.41 Å². The highest BCUT2D eigenvalue weighted by atomic mass is 32.2. The van der Waals surface area contributed by atoms with E-state index in [0.717, 1.165) is 0 Å². The summed E-state index contributed by atoms with van der Waals surface area (Å²) in [6, 6.07) is 13.4. The summed E-state index contributed by atoms with van der Waals surface area (Å²) in [5.74, 6) is 0.492. The molecule has 172 valence electrons. The number of nitrogens with two attached hydrogens (primary N) is 1. The molecule has 4 rings (SSSR count). The number of aromatic nitrogens is 4. The van der Waals surface area contributed by atoms with Gasteiger partial charge in [0.15, 0.2) is 9.84 Å². The first-order chi connectivity index (χ1) is 15.7. The number of aryl methyl sites for hydroxylation is 1. The highest BCUT2D eigenvalue weighted by Crippen LogP contribution is 2.27. The van der Waals surface area contributed by atoms with Gasteiger partial charge in [-0.3, -0.25) is 10.4 Å². The van der Waals surface area contributed by atoms with Crippen LogP contribution in [0.15, 0.2) is 64.0 Å². The van der Waals surface area contributed by atoms with Crippen LogP contribution in [-0.2, 0) is 9.84 Å². The van der Waals surface area contributed by atoms with Crippen molar-refractivity contribution in [3.8, 4) is 34.3 Å². The van der Waals surface area contributed by atoms with E-state index < -0.39 is 15.1 Å². The van der Waals surface area contributed by atoms with Gasteiger partial charge in [-0.1, -0.05) is 24.3 Å². The monoisotopic (exact) mass is 466 g/mol. The molecule has 0 unspecified atom stereocenters. The van der Waals surface area contributed by atoms with Gasteiger partial charge >= 0.3 is 0 Å². The van der Waals surface area contributed by atoms with Crippen LogP contribution in [0, 0.1) is 12.3 Å². The maximum absolute atomic E-state index is 12.4. The molecule has 0 saturated heterocycles. The lowest BCUT2D eigenvalue weighted by Gasteiger charge is -2.09. The lowest BCUT2D eigenvalue weighted by atomic mass is 10.1. The van der Waals surface area contributed by atoms with Gasteiger partial charge in [0.2, 0.25) is 5.89 Å². The Hall–Kier alpha value is -3.92. The second-order valence-electron chi connectivity index (χ2n) is 7.71. The number of benzene rings is 2. The molecule has 2 aromatic carbocycles. The number of nitrogen functional groups attached to an aromatic ring is 1. The summed E-state index contributed by atoms with van der Waals surface area (Å²) in [5, 5.41) is 15.2. The number of nitrogens with zero attached hydrogens (tertiary/aromatic N) is 4. The molecular weight excluding hydrogens is 440 g/mol. The number of sulfone groups is 1. The van der Waals surface area contributed by atoms with Crippen LogP contribution in [0.5, 0.6) is 0 Å². The van der Waals surface area contributed by atoms with Crippen LogP contribution in [0.4, 0.5) is 0 Å². The van der Waals surface area contributed by atoms with Crippen LogP contribution in [0.2, 0.25) is 0 Å². The zero-order chi connectivity index (χ0) is 23.8. The molecule has 9 nitrogen and oxygen atoms in total. The van der Waals surface area contributed by atoms with E-state index in [-0.39, 0.29) is 19.5 Å². The molecule has 2 heterocycles. The van der Waals surface area contributed by atoms with Gasteiger partial charge in [0, 0.05) is 19.5 Å². The number of hydrogen-bond acceptors (Lipinski definition) is 8. The minimum absolute atomic E-state index is 0. The molecule has 0 bridgehead atoms. The molecule has 3 N–H and O–H groups in total. The molecule has 0 saturated carbocycles. The maximum atomic E-state index is 12.4. The summed E-state index contributed by atoms with van der Waals surface area (Å²) < 4.78 is 30.6. The zero-order valence-electron chi connectivity index (χ0n) is 18.3. The molecule has 0 aliphatic rings. The van der Waals surface area contributed by atoms with E-state index in [1.165, 1.54) is 0 Å². The molecule has 4 aromatic rings. The number of rotatable bonds is 6. The maximum Gasteiger partial charge on any atom is 0.268 e. The molecule has 0 fully saturated rings. The van der Waals surface area contributed by atoms with Crippen molar-refractivity contribution in [1.82, 2.24) is 20.2 Å². The zero-order valence-corrected chi connectivity index (χ0v) is 19.1. The number of hydrogen-bond donors (Lipinski definition) is 2. The predicted molar refractivity (Wildman–Crippen MR) is 128 cm³/mol. The highest BCUT2D eigenvalue weighted by Gasteiger charge is 2.20. The van der Waals surface area contributed by atoms with E-state index >= 15 is 0 Å². The fraction of sp³-hybridized carbons (Fsp3) is 0.174.